The molecule has 0 aromatic heterocycles. The molecule has 0 heterocycles. The minimum Gasteiger partial charge on any atom is -0.462 e. The molecule has 0 bridgehead atoms. The molecule has 0 N–H and O–H groups in total. The molecule has 1 unspecified atom stereocenters. The summed E-state index contributed by atoms with van der Waals surface area (Å²) >= 11 is 0. The van der Waals surface area contributed by atoms with Crippen LogP contribution in [0.5, 0.6) is 0 Å². The van der Waals surface area contributed by atoms with Crippen molar-refractivity contribution in [1.82, 2.24) is 0 Å². The number of hydrogen-bond donors (Lipinski definition) is 0. The van der Waals surface area contributed by atoms with E-state index in [1.54, 1.807) is 0 Å². The average Bonchev–Trinajstić information content (AvgIpc) is 3.46. The molecule has 0 aromatic carbocycles. The number of rotatable bonds is 62. The number of carbonyl (C=O) groups is 3. The summed E-state index contributed by atoms with van der Waals surface area (Å²) in [5.74, 6) is -0.900. The largest absolute Gasteiger partial charge is 0.462 e. The number of hydrogen-bond acceptors (Lipinski definition) is 6. The van der Waals surface area contributed by atoms with Gasteiger partial charge in [0.15, 0.2) is 6.10 Å². The van der Waals surface area contributed by atoms with Crippen LogP contribution in [0.2, 0.25) is 0 Å². The van der Waals surface area contributed by atoms with Crippen molar-refractivity contribution in [2.24, 2.45) is 0 Å². The smallest absolute Gasteiger partial charge is 0.306 e. The summed E-state index contributed by atoms with van der Waals surface area (Å²) in [6.45, 7) is 6.44. The van der Waals surface area contributed by atoms with Crippen molar-refractivity contribution in [3.05, 3.63) is 97.2 Å². The lowest BCUT2D eigenvalue weighted by Gasteiger charge is -2.18. The minimum absolute atomic E-state index is 0.0865. The number of unbranched alkanes of at least 4 members (excludes halogenated alkanes) is 35. The zero-order valence-corrected chi connectivity index (χ0v) is 52.8. The third kappa shape index (κ3) is 65.1. The van der Waals surface area contributed by atoms with Crippen LogP contribution in [0, 0.1) is 0 Å². The molecule has 0 amide bonds. The third-order valence-corrected chi connectivity index (χ3v) is 14.8. The van der Waals surface area contributed by atoms with Gasteiger partial charge in [0.2, 0.25) is 0 Å². The molecule has 0 aliphatic rings. The van der Waals surface area contributed by atoms with E-state index >= 15 is 0 Å². The van der Waals surface area contributed by atoms with Crippen LogP contribution in [0.25, 0.3) is 0 Å². The van der Waals surface area contributed by atoms with E-state index < -0.39 is 6.10 Å². The third-order valence-electron chi connectivity index (χ3n) is 14.8. The van der Waals surface area contributed by atoms with E-state index in [0.29, 0.717) is 19.3 Å². The molecule has 1 atom stereocenters. The summed E-state index contributed by atoms with van der Waals surface area (Å²) < 4.78 is 17.0. The lowest BCUT2D eigenvalue weighted by molar-refractivity contribution is -0.167. The molecule has 0 aliphatic carbocycles. The van der Waals surface area contributed by atoms with Crippen molar-refractivity contribution in [3.63, 3.8) is 0 Å². The second-order valence-electron chi connectivity index (χ2n) is 22.7. The second kappa shape index (κ2) is 67.8. The number of carbonyl (C=O) groups excluding carboxylic acids is 3. The Kier molecular flexibility index (Phi) is 64.7. The van der Waals surface area contributed by atoms with Gasteiger partial charge in [0.25, 0.3) is 0 Å². The molecule has 0 saturated heterocycles. The summed E-state index contributed by atoms with van der Waals surface area (Å²) in [6, 6.07) is 0. The summed E-state index contributed by atoms with van der Waals surface area (Å²) in [7, 11) is 0. The zero-order valence-electron chi connectivity index (χ0n) is 52.8. The molecule has 0 spiro atoms. The lowest BCUT2D eigenvalue weighted by Crippen LogP contribution is -2.30. The van der Waals surface area contributed by atoms with Gasteiger partial charge < -0.3 is 14.2 Å². The fourth-order valence-electron chi connectivity index (χ4n) is 9.78. The Morgan fingerprint density at radius 2 is 0.487 bits per heavy atom. The first kappa shape index (κ1) is 76.3. The Bertz CT molecular complexity index is 1560. The van der Waals surface area contributed by atoms with E-state index in [1.165, 1.54) is 161 Å². The van der Waals surface area contributed by atoms with E-state index in [-0.39, 0.29) is 31.1 Å². The van der Waals surface area contributed by atoms with Crippen LogP contribution >= 0.6 is 0 Å². The van der Waals surface area contributed by atoms with E-state index in [9.17, 15) is 14.4 Å². The van der Waals surface area contributed by atoms with Gasteiger partial charge in [0, 0.05) is 19.3 Å². The van der Waals surface area contributed by atoms with Gasteiger partial charge in [-0.2, -0.15) is 0 Å². The van der Waals surface area contributed by atoms with Gasteiger partial charge >= 0.3 is 17.9 Å². The quantitative estimate of drug-likeness (QED) is 0.0261. The molecular weight excluding hydrogens is 985 g/mol. The van der Waals surface area contributed by atoms with Crippen LogP contribution in [0.3, 0.4) is 0 Å². The van der Waals surface area contributed by atoms with Crippen LogP contribution in [-0.4, -0.2) is 37.2 Å². The highest BCUT2D eigenvalue weighted by molar-refractivity contribution is 5.71. The zero-order chi connectivity index (χ0) is 57.8. The van der Waals surface area contributed by atoms with Crippen LogP contribution in [0.15, 0.2) is 97.2 Å². The molecule has 0 fully saturated rings. The summed E-state index contributed by atoms with van der Waals surface area (Å²) in [6.07, 6.45) is 91.4. The Morgan fingerprint density at radius 1 is 0.263 bits per heavy atom. The molecule has 0 rings (SSSR count). The molecule has 6 nitrogen and oxygen atoms in total. The molecule has 0 radical (unpaired) electrons. The molecule has 80 heavy (non-hydrogen) atoms. The molecular formula is C74H128O6. The van der Waals surface area contributed by atoms with Crippen molar-refractivity contribution >= 4 is 17.9 Å². The first-order valence-electron chi connectivity index (χ1n) is 34.2. The Hall–Kier alpha value is -3.67. The monoisotopic (exact) mass is 1110 g/mol. The maximum absolute atomic E-state index is 12.9. The van der Waals surface area contributed by atoms with Gasteiger partial charge in [-0.25, -0.2) is 0 Å². The summed E-state index contributed by atoms with van der Waals surface area (Å²) in [4.78, 5) is 38.4. The Labute approximate surface area is 496 Å². The first-order valence-corrected chi connectivity index (χ1v) is 34.2. The van der Waals surface area contributed by atoms with Gasteiger partial charge in [-0.05, 0) is 96.3 Å². The fourth-order valence-corrected chi connectivity index (χ4v) is 9.78. The predicted octanol–water partition coefficient (Wildman–Crippen LogP) is 23.6. The first-order chi connectivity index (χ1) is 39.5. The molecule has 460 valence electrons. The minimum atomic E-state index is -0.794. The summed E-state index contributed by atoms with van der Waals surface area (Å²) in [5.41, 5.74) is 0. The maximum Gasteiger partial charge on any atom is 0.306 e. The normalized spacial score (nSPS) is 12.7. The van der Waals surface area contributed by atoms with E-state index in [1.807, 2.05) is 0 Å². The van der Waals surface area contributed by atoms with Crippen molar-refractivity contribution < 1.29 is 28.6 Å². The standard InChI is InChI=1S/C74H128O6/c1-4-7-10-13-16-19-22-25-28-31-33-35-36-37-39-40-43-46-49-52-55-58-61-64-67-73(76)79-70-71(69-78-72(75)66-63-60-57-54-51-48-45-42-30-27-24-21-18-15-12-9-6-3)80-74(77)68-65-62-59-56-53-50-47-44-41-38-34-32-29-26-23-20-17-14-11-8-5-2/h8-9,11-12,17-18,20-21,26-27,29-30,34,38,44,47,71H,4-7,10,13-16,19,22-25,28,31-33,35-37,39-43,45-46,48-70H2,1-3H3/b11-8-,12-9-,20-17-,21-18-,29-26-,30-27-,38-34-,47-44-. The van der Waals surface area contributed by atoms with E-state index in [2.05, 4.69) is 118 Å². The van der Waals surface area contributed by atoms with Crippen molar-refractivity contribution in [2.75, 3.05) is 13.2 Å². The van der Waals surface area contributed by atoms with Gasteiger partial charge in [0.1, 0.15) is 13.2 Å². The van der Waals surface area contributed by atoms with Crippen molar-refractivity contribution in [2.45, 2.75) is 341 Å². The van der Waals surface area contributed by atoms with Crippen molar-refractivity contribution in [1.29, 1.82) is 0 Å². The van der Waals surface area contributed by atoms with Crippen LogP contribution in [-0.2, 0) is 28.6 Å². The SMILES string of the molecule is CC/C=C\C/C=C\C/C=C\C/C=C\C/C=C\CCCCCCCC(=O)OC(COC(=O)CCCCCCCCC/C=C\C/C=C\C/C=C\CC)COC(=O)CCCCCCCCCCCCCCCCCCCCCCCCCC. The average molecular weight is 1110 g/mol. The fraction of sp³-hybridized carbons (Fsp3) is 0.743. The van der Waals surface area contributed by atoms with E-state index in [4.69, 9.17) is 14.2 Å². The molecule has 0 aromatic rings. The van der Waals surface area contributed by atoms with Gasteiger partial charge in [0.05, 0.1) is 0 Å². The summed E-state index contributed by atoms with van der Waals surface area (Å²) in [5, 5.41) is 0. The highest BCUT2D eigenvalue weighted by Gasteiger charge is 2.19. The Morgan fingerprint density at radius 3 is 0.762 bits per heavy atom. The van der Waals surface area contributed by atoms with Gasteiger partial charge in [-0.1, -0.05) is 317 Å². The second-order valence-corrected chi connectivity index (χ2v) is 22.7. The van der Waals surface area contributed by atoms with Crippen LogP contribution < -0.4 is 0 Å². The van der Waals surface area contributed by atoms with Gasteiger partial charge in [-0.3, -0.25) is 14.4 Å². The highest BCUT2D eigenvalue weighted by atomic mass is 16.6. The highest BCUT2D eigenvalue weighted by Crippen LogP contribution is 2.17. The number of ether oxygens (including phenoxy) is 3. The maximum atomic E-state index is 12.9. The van der Waals surface area contributed by atoms with E-state index in [0.717, 1.165) is 135 Å². The Balaban J connectivity index is 4.38. The van der Waals surface area contributed by atoms with Crippen molar-refractivity contribution in [3.8, 4) is 0 Å². The molecule has 0 aliphatic heterocycles. The lowest BCUT2D eigenvalue weighted by atomic mass is 10.0. The number of allylic oxidation sites excluding steroid dienone is 16. The molecule has 6 heteroatoms. The van der Waals surface area contributed by atoms with Crippen LogP contribution in [0.1, 0.15) is 335 Å². The predicted molar refractivity (Wildman–Crippen MR) is 348 cm³/mol. The topological polar surface area (TPSA) is 78.9 Å². The van der Waals surface area contributed by atoms with Gasteiger partial charge in [-0.15, -0.1) is 0 Å². The van der Waals surface area contributed by atoms with Crippen LogP contribution in [0.4, 0.5) is 0 Å². The number of esters is 3. The molecule has 0 saturated carbocycles.